The van der Waals surface area contributed by atoms with Crippen molar-refractivity contribution in [2.24, 2.45) is 0 Å². The van der Waals surface area contributed by atoms with E-state index in [4.69, 9.17) is 12.2 Å². The molecule has 0 saturated carbocycles. The Morgan fingerprint density at radius 2 is 1.75 bits per heavy atom. The zero-order chi connectivity index (χ0) is 17.3. The Balaban J connectivity index is 2.06. The van der Waals surface area contributed by atoms with E-state index in [9.17, 15) is 9.59 Å². The molecule has 2 aliphatic rings. The predicted octanol–water partition coefficient (Wildman–Crippen LogP) is 3.81. The highest BCUT2D eigenvalue weighted by atomic mass is 32.2. The van der Waals surface area contributed by atoms with Crippen LogP contribution in [0.1, 0.15) is 38.7 Å². The summed E-state index contributed by atoms with van der Waals surface area (Å²) in [7, 11) is 0. The molecule has 24 heavy (non-hydrogen) atoms. The van der Waals surface area contributed by atoms with E-state index in [1.165, 1.54) is 11.8 Å². The summed E-state index contributed by atoms with van der Waals surface area (Å²) in [5.74, 6) is -0.219. The lowest BCUT2D eigenvalue weighted by Gasteiger charge is -2.16. The van der Waals surface area contributed by atoms with Gasteiger partial charge in [0.05, 0.1) is 16.2 Å². The number of carbonyl (C=O) groups is 2. The van der Waals surface area contributed by atoms with Crippen LogP contribution in [0.15, 0.2) is 29.2 Å². The monoisotopic (exact) mass is 360 g/mol. The number of rotatable bonds is 5. The summed E-state index contributed by atoms with van der Waals surface area (Å²) in [5.41, 5.74) is 2.25. The standard InChI is InChI=1S/C18H20N2O2S2/c1-3-5-11-19-13-9-7-6-8-12(13)14(16(19)21)15-17(22)20(10-4-2)18(23)24-15/h6-9H,3-5,10-11H2,1-2H3/b15-14-. The van der Waals surface area contributed by atoms with Crippen LogP contribution in [-0.2, 0) is 9.59 Å². The van der Waals surface area contributed by atoms with Gasteiger partial charge in [-0.2, -0.15) is 0 Å². The Kier molecular flexibility index (Phi) is 5.06. The summed E-state index contributed by atoms with van der Waals surface area (Å²) >= 11 is 6.59. The van der Waals surface area contributed by atoms with Gasteiger partial charge in [-0.15, -0.1) is 0 Å². The van der Waals surface area contributed by atoms with Crippen LogP contribution in [0.5, 0.6) is 0 Å². The van der Waals surface area contributed by atoms with E-state index in [1.807, 2.05) is 31.2 Å². The zero-order valence-corrected chi connectivity index (χ0v) is 15.5. The molecule has 0 atom stereocenters. The highest BCUT2D eigenvalue weighted by molar-refractivity contribution is 8.26. The number of amides is 2. The first kappa shape index (κ1) is 17.2. The Labute approximate surface area is 151 Å². The van der Waals surface area contributed by atoms with E-state index in [1.54, 1.807) is 9.80 Å². The second kappa shape index (κ2) is 7.07. The number of carbonyl (C=O) groups excluding carboxylic acids is 2. The minimum Gasteiger partial charge on any atom is -0.308 e. The van der Waals surface area contributed by atoms with Gasteiger partial charge in [-0.3, -0.25) is 14.5 Å². The van der Waals surface area contributed by atoms with Gasteiger partial charge in [0.1, 0.15) is 4.32 Å². The Hall–Kier alpha value is -1.66. The van der Waals surface area contributed by atoms with E-state index < -0.39 is 0 Å². The number of anilines is 1. The fraction of sp³-hybridized carbons (Fsp3) is 0.389. The van der Waals surface area contributed by atoms with Gasteiger partial charge in [-0.25, -0.2) is 0 Å². The molecule has 0 spiro atoms. The van der Waals surface area contributed by atoms with E-state index in [0.29, 0.717) is 27.9 Å². The molecule has 2 aliphatic heterocycles. The van der Waals surface area contributed by atoms with Gasteiger partial charge in [-0.05, 0) is 18.9 Å². The number of fused-ring (bicyclic) bond motifs is 1. The molecule has 1 saturated heterocycles. The first-order valence-corrected chi connectivity index (χ1v) is 9.51. The van der Waals surface area contributed by atoms with Crippen molar-refractivity contribution in [3.05, 3.63) is 34.7 Å². The van der Waals surface area contributed by atoms with Crippen LogP contribution in [0.4, 0.5) is 5.69 Å². The predicted molar refractivity (Wildman–Crippen MR) is 103 cm³/mol. The number of thioether (sulfide) groups is 1. The second-order valence-electron chi connectivity index (χ2n) is 5.86. The Bertz CT molecular complexity index is 742. The first-order chi connectivity index (χ1) is 11.6. The van der Waals surface area contributed by atoms with E-state index in [0.717, 1.165) is 30.5 Å². The summed E-state index contributed by atoms with van der Waals surface area (Å²) in [6, 6.07) is 7.70. The van der Waals surface area contributed by atoms with Gasteiger partial charge in [0, 0.05) is 18.7 Å². The lowest BCUT2D eigenvalue weighted by atomic mass is 10.1. The molecule has 0 radical (unpaired) electrons. The number of nitrogens with zero attached hydrogens (tertiary/aromatic N) is 2. The largest absolute Gasteiger partial charge is 0.308 e. The third kappa shape index (κ3) is 2.78. The van der Waals surface area contributed by atoms with Crippen molar-refractivity contribution in [2.75, 3.05) is 18.0 Å². The average molecular weight is 361 g/mol. The normalized spacial score (nSPS) is 20.3. The topological polar surface area (TPSA) is 40.6 Å². The van der Waals surface area contributed by atoms with Gasteiger partial charge < -0.3 is 4.90 Å². The van der Waals surface area contributed by atoms with Crippen molar-refractivity contribution in [3.8, 4) is 0 Å². The second-order valence-corrected chi connectivity index (χ2v) is 7.50. The van der Waals surface area contributed by atoms with Crippen molar-refractivity contribution < 1.29 is 9.59 Å². The van der Waals surface area contributed by atoms with Crippen LogP contribution in [0.25, 0.3) is 5.57 Å². The fourth-order valence-electron chi connectivity index (χ4n) is 3.00. The maximum atomic E-state index is 13.0. The highest BCUT2D eigenvalue weighted by Gasteiger charge is 2.41. The Morgan fingerprint density at radius 1 is 1.00 bits per heavy atom. The van der Waals surface area contributed by atoms with Crippen molar-refractivity contribution in [2.45, 2.75) is 33.1 Å². The van der Waals surface area contributed by atoms with Crippen molar-refractivity contribution in [1.29, 1.82) is 0 Å². The van der Waals surface area contributed by atoms with Crippen molar-refractivity contribution >= 4 is 51.4 Å². The molecular formula is C18H20N2O2S2. The van der Waals surface area contributed by atoms with Crippen LogP contribution in [-0.4, -0.2) is 34.1 Å². The highest BCUT2D eigenvalue weighted by Crippen LogP contribution is 2.44. The summed E-state index contributed by atoms with van der Waals surface area (Å²) in [5, 5.41) is 0. The first-order valence-electron chi connectivity index (χ1n) is 8.29. The fourth-order valence-corrected chi connectivity index (χ4v) is 4.38. The lowest BCUT2D eigenvalue weighted by molar-refractivity contribution is -0.122. The van der Waals surface area contributed by atoms with Crippen LogP contribution < -0.4 is 4.90 Å². The molecule has 2 heterocycles. The van der Waals surface area contributed by atoms with Gasteiger partial charge in [0.25, 0.3) is 11.8 Å². The molecule has 0 unspecified atom stereocenters. The van der Waals surface area contributed by atoms with E-state index >= 15 is 0 Å². The smallest absolute Gasteiger partial charge is 0.267 e. The number of hydrogen-bond acceptors (Lipinski definition) is 4. The number of benzene rings is 1. The molecule has 6 heteroatoms. The molecule has 1 fully saturated rings. The maximum Gasteiger partial charge on any atom is 0.267 e. The van der Waals surface area contributed by atoms with Crippen LogP contribution in [0, 0.1) is 0 Å². The quantitative estimate of drug-likeness (QED) is 0.591. The van der Waals surface area contributed by atoms with E-state index in [-0.39, 0.29) is 11.8 Å². The average Bonchev–Trinajstić information content (AvgIpc) is 3.01. The molecule has 0 bridgehead atoms. The summed E-state index contributed by atoms with van der Waals surface area (Å²) in [6.07, 6.45) is 2.78. The number of hydrogen-bond donors (Lipinski definition) is 0. The van der Waals surface area contributed by atoms with Gasteiger partial charge in [-0.1, -0.05) is 62.4 Å². The molecule has 0 aromatic heterocycles. The molecule has 0 aliphatic carbocycles. The summed E-state index contributed by atoms with van der Waals surface area (Å²) in [4.78, 5) is 29.6. The SMILES string of the molecule is CCCCN1C(=O)/C(=C2\SC(=S)N(CCC)C2=O)c2ccccc21. The van der Waals surface area contributed by atoms with Crippen LogP contribution in [0.3, 0.4) is 0 Å². The third-order valence-corrected chi connectivity index (χ3v) is 5.63. The molecule has 4 nitrogen and oxygen atoms in total. The molecule has 0 N–H and O–H groups in total. The third-order valence-electron chi connectivity index (χ3n) is 4.18. The molecular weight excluding hydrogens is 340 g/mol. The summed E-state index contributed by atoms with van der Waals surface area (Å²) in [6.45, 7) is 5.37. The maximum absolute atomic E-state index is 13.0. The van der Waals surface area contributed by atoms with Crippen molar-refractivity contribution in [1.82, 2.24) is 4.90 Å². The zero-order valence-electron chi connectivity index (χ0n) is 13.9. The number of unbranched alkanes of at least 4 members (excludes halogenated alkanes) is 1. The summed E-state index contributed by atoms with van der Waals surface area (Å²) < 4.78 is 0.543. The Morgan fingerprint density at radius 3 is 2.46 bits per heavy atom. The molecule has 126 valence electrons. The van der Waals surface area contributed by atoms with Gasteiger partial charge in [0.2, 0.25) is 0 Å². The lowest BCUT2D eigenvalue weighted by Crippen LogP contribution is -2.30. The van der Waals surface area contributed by atoms with Gasteiger partial charge >= 0.3 is 0 Å². The molecule has 1 aromatic rings. The molecule has 1 aromatic carbocycles. The minimum absolute atomic E-state index is 0.0818. The van der Waals surface area contributed by atoms with E-state index in [2.05, 4.69) is 6.92 Å². The number of para-hydroxylation sites is 1. The van der Waals surface area contributed by atoms with Gasteiger partial charge in [0.15, 0.2) is 0 Å². The number of thiocarbonyl (C=S) groups is 1. The van der Waals surface area contributed by atoms with Crippen LogP contribution >= 0.6 is 24.0 Å². The minimum atomic E-state index is -0.137. The van der Waals surface area contributed by atoms with Crippen LogP contribution in [0.2, 0.25) is 0 Å². The molecule has 2 amide bonds. The van der Waals surface area contributed by atoms with Crippen molar-refractivity contribution in [3.63, 3.8) is 0 Å². The molecule has 3 rings (SSSR count).